The molecule has 0 saturated heterocycles. The van der Waals surface area contributed by atoms with Crippen molar-refractivity contribution in [3.63, 3.8) is 0 Å². The lowest BCUT2D eigenvalue weighted by Crippen LogP contribution is -2.14. The summed E-state index contributed by atoms with van der Waals surface area (Å²) in [6, 6.07) is 25.7. The highest BCUT2D eigenvalue weighted by atomic mass is 16.7. The number of fused-ring (bicyclic) bond motifs is 1. The van der Waals surface area contributed by atoms with Crippen molar-refractivity contribution in [2.24, 2.45) is 0 Å². The van der Waals surface area contributed by atoms with E-state index in [1.165, 1.54) is 27.6 Å². The van der Waals surface area contributed by atoms with Crippen molar-refractivity contribution in [2.75, 3.05) is 0 Å². The summed E-state index contributed by atoms with van der Waals surface area (Å²) >= 11 is 0. The SMILES string of the molecule is C1=C(CCc2ccccc2)NOC1Cc1ccc2ccccc2c1. The van der Waals surface area contributed by atoms with Crippen LogP contribution in [-0.2, 0) is 17.7 Å². The van der Waals surface area contributed by atoms with E-state index >= 15 is 0 Å². The smallest absolute Gasteiger partial charge is 0.109 e. The third-order valence-electron chi connectivity index (χ3n) is 4.51. The molecule has 4 rings (SSSR count). The molecule has 1 atom stereocenters. The third kappa shape index (κ3) is 3.50. The fraction of sp³-hybridized carbons (Fsp3) is 0.182. The first-order valence-electron chi connectivity index (χ1n) is 8.51. The molecule has 0 spiro atoms. The average Bonchev–Trinajstić information content (AvgIpc) is 3.08. The number of hydroxylamine groups is 1. The Hall–Kier alpha value is -2.58. The number of aryl methyl sites for hydroxylation is 1. The lowest BCUT2D eigenvalue weighted by Gasteiger charge is -2.08. The van der Waals surface area contributed by atoms with Crippen LogP contribution < -0.4 is 5.48 Å². The van der Waals surface area contributed by atoms with Crippen molar-refractivity contribution < 1.29 is 4.84 Å². The van der Waals surface area contributed by atoms with Gasteiger partial charge in [-0.15, -0.1) is 0 Å². The number of benzene rings is 3. The maximum Gasteiger partial charge on any atom is 0.109 e. The maximum absolute atomic E-state index is 5.73. The summed E-state index contributed by atoms with van der Waals surface area (Å²) < 4.78 is 0. The quantitative estimate of drug-likeness (QED) is 0.730. The standard InChI is InChI=1S/C22H21NO/c1-2-6-17(7-3-1)11-13-21-16-22(24-23-21)15-18-10-12-19-8-4-5-9-20(19)14-18/h1-10,12,14,16,22-23H,11,13,15H2. The molecule has 3 aromatic rings. The van der Waals surface area contributed by atoms with Crippen molar-refractivity contribution in [3.05, 3.63) is 95.7 Å². The lowest BCUT2D eigenvalue weighted by molar-refractivity contribution is 0.0418. The van der Waals surface area contributed by atoms with E-state index < -0.39 is 0 Å². The Labute approximate surface area is 142 Å². The normalized spacial score (nSPS) is 16.8. The van der Waals surface area contributed by atoms with Crippen molar-refractivity contribution in [1.82, 2.24) is 5.48 Å². The summed E-state index contributed by atoms with van der Waals surface area (Å²) in [7, 11) is 0. The highest BCUT2D eigenvalue weighted by molar-refractivity contribution is 5.83. The van der Waals surface area contributed by atoms with Gasteiger partial charge in [-0.2, -0.15) is 0 Å². The second-order valence-electron chi connectivity index (χ2n) is 6.32. The molecule has 1 N–H and O–H groups in total. The fourth-order valence-electron chi connectivity index (χ4n) is 3.20. The first kappa shape index (κ1) is 15.0. The number of rotatable bonds is 5. The van der Waals surface area contributed by atoms with Crippen LogP contribution >= 0.6 is 0 Å². The Kier molecular flexibility index (Phi) is 4.30. The monoisotopic (exact) mass is 315 g/mol. The van der Waals surface area contributed by atoms with Crippen molar-refractivity contribution >= 4 is 10.8 Å². The fourth-order valence-corrected chi connectivity index (χ4v) is 3.20. The molecule has 0 radical (unpaired) electrons. The molecule has 1 heterocycles. The topological polar surface area (TPSA) is 21.3 Å². The van der Waals surface area contributed by atoms with Crippen molar-refractivity contribution in [2.45, 2.75) is 25.4 Å². The predicted octanol–water partition coefficient (Wildman–Crippen LogP) is 4.80. The van der Waals surface area contributed by atoms with Crippen LogP contribution in [0.3, 0.4) is 0 Å². The van der Waals surface area contributed by atoms with Crippen LogP contribution in [0, 0.1) is 0 Å². The summed E-state index contributed by atoms with van der Waals surface area (Å²) in [6.45, 7) is 0. The predicted molar refractivity (Wildman–Crippen MR) is 98.5 cm³/mol. The summed E-state index contributed by atoms with van der Waals surface area (Å²) in [5.41, 5.74) is 6.95. The second kappa shape index (κ2) is 6.90. The van der Waals surface area contributed by atoms with Gasteiger partial charge in [0.15, 0.2) is 0 Å². The van der Waals surface area contributed by atoms with E-state index in [2.05, 4.69) is 84.4 Å². The molecule has 24 heavy (non-hydrogen) atoms. The van der Waals surface area contributed by atoms with Crippen LogP contribution in [0.1, 0.15) is 17.5 Å². The van der Waals surface area contributed by atoms with Gasteiger partial charge < -0.3 is 0 Å². The zero-order valence-electron chi connectivity index (χ0n) is 13.6. The minimum Gasteiger partial charge on any atom is -0.271 e. The van der Waals surface area contributed by atoms with Crippen LogP contribution in [0.25, 0.3) is 10.8 Å². The van der Waals surface area contributed by atoms with Gasteiger partial charge in [0.25, 0.3) is 0 Å². The van der Waals surface area contributed by atoms with Crippen LogP contribution in [-0.4, -0.2) is 6.10 Å². The molecule has 1 aliphatic heterocycles. The van der Waals surface area contributed by atoms with Gasteiger partial charge in [0.1, 0.15) is 6.10 Å². The third-order valence-corrected chi connectivity index (χ3v) is 4.51. The molecule has 0 saturated carbocycles. The first-order chi connectivity index (χ1) is 11.9. The average molecular weight is 315 g/mol. The number of allylic oxidation sites excluding steroid dienone is 1. The Bertz CT molecular complexity index is 854. The van der Waals surface area contributed by atoms with E-state index in [1.54, 1.807) is 0 Å². The Morgan fingerprint density at radius 3 is 2.42 bits per heavy atom. The molecule has 120 valence electrons. The van der Waals surface area contributed by atoms with E-state index in [1.807, 2.05) is 0 Å². The van der Waals surface area contributed by atoms with Crippen molar-refractivity contribution in [1.29, 1.82) is 0 Å². The van der Waals surface area contributed by atoms with Crippen LogP contribution in [0.4, 0.5) is 0 Å². The van der Waals surface area contributed by atoms with Gasteiger partial charge in [-0.25, -0.2) is 0 Å². The van der Waals surface area contributed by atoms with Crippen LogP contribution in [0.15, 0.2) is 84.6 Å². The molecule has 2 heteroatoms. The van der Waals surface area contributed by atoms with Gasteiger partial charge in [-0.1, -0.05) is 72.8 Å². The zero-order valence-corrected chi connectivity index (χ0v) is 13.6. The van der Waals surface area contributed by atoms with Gasteiger partial charge in [0, 0.05) is 12.1 Å². The molecule has 0 amide bonds. The van der Waals surface area contributed by atoms with Crippen LogP contribution in [0.2, 0.25) is 0 Å². The molecular formula is C22H21NO. The summed E-state index contributed by atoms with van der Waals surface area (Å²) in [6.07, 6.45) is 5.24. The Balaban J connectivity index is 1.39. The minimum absolute atomic E-state index is 0.108. The van der Waals surface area contributed by atoms with Gasteiger partial charge >= 0.3 is 0 Å². The second-order valence-corrected chi connectivity index (χ2v) is 6.32. The van der Waals surface area contributed by atoms with E-state index in [0.29, 0.717) is 0 Å². The van der Waals surface area contributed by atoms with E-state index in [9.17, 15) is 0 Å². The zero-order chi connectivity index (χ0) is 16.2. The molecule has 3 aromatic carbocycles. The number of hydrogen-bond donors (Lipinski definition) is 1. The molecule has 0 aromatic heterocycles. The number of hydrogen-bond acceptors (Lipinski definition) is 2. The summed E-state index contributed by atoms with van der Waals surface area (Å²) in [4.78, 5) is 5.73. The molecule has 1 aliphatic rings. The summed E-state index contributed by atoms with van der Waals surface area (Å²) in [5, 5.41) is 2.57. The highest BCUT2D eigenvalue weighted by Crippen LogP contribution is 2.20. The highest BCUT2D eigenvalue weighted by Gasteiger charge is 2.16. The Morgan fingerprint density at radius 2 is 1.54 bits per heavy atom. The summed E-state index contributed by atoms with van der Waals surface area (Å²) in [5.74, 6) is 0. The first-order valence-corrected chi connectivity index (χ1v) is 8.51. The Morgan fingerprint density at radius 1 is 0.750 bits per heavy atom. The molecule has 0 aliphatic carbocycles. The molecule has 0 fully saturated rings. The van der Waals surface area contributed by atoms with Crippen molar-refractivity contribution in [3.8, 4) is 0 Å². The molecule has 1 unspecified atom stereocenters. The minimum atomic E-state index is 0.108. The maximum atomic E-state index is 5.73. The van der Waals surface area contributed by atoms with Gasteiger partial charge in [0.2, 0.25) is 0 Å². The molecule has 0 bridgehead atoms. The molecular weight excluding hydrogens is 294 g/mol. The lowest BCUT2D eigenvalue weighted by atomic mass is 10.0. The number of nitrogens with one attached hydrogen (secondary N) is 1. The molecule has 2 nitrogen and oxygen atoms in total. The van der Waals surface area contributed by atoms with Gasteiger partial charge in [-0.05, 0) is 40.8 Å². The van der Waals surface area contributed by atoms with Gasteiger partial charge in [-0.3, -0.25) is 10.3 Å². The van der Waals surface area contributed by atoms with Gasteiger partial charge in [0.05, 0.1) is 0 Å². The largest absolute Gasteiger partial charge is 0.271 e. The van der Waals surface area contributed by atoms with E-state index in [-0.39, 0.29) is 6.10 Å². The van der Waals surface area contributed by atoms with E-state index in [0.717, 1.165) is 19.3 Å². The van der Waals surface area contributed by atoms with E-state index in [4.69, 9.17) is 4.84 Å². The van der Waals surface area contributed by atoms with Crippen LogP contribution in [0.5, 0.6) is 0 Å².